The highest BCUT2D eigenvalue weighted by Gasteiger charge is 2.55. The summed E-state index contributed by atoms with van der Waals surface area (Å²) in [5.74, 6) is 1.24. The molecule has 0 N–H and O–H groups in total. The van der Waals surface area contributed by atoms with Crippen molar-refractivity contribution in [2.24, 2.45) is 5.92 Å². The van der Waals surface area contributed by atoms with Gasteiger partial charge in [-0.3, -0.25) is 4.90 Å². The van der Waals surface area contributed by atoms with Crippen LogP contribution in [0.1, 0.15) is 30.4 Å². The Labute approximate surface area is 177 Å². The molecule has 2 aliphatic rings. The minimum absolute atomic E-state index is 0.0126. The molecular formula is C23H27ClN2O3. The quantitative estimate of drug-likeness (QED) is 0.635. The number of fused-ring (bicyclic) bond motifs is 1. The molecule has 2 aromatic rings. The lowest BCUT2D eigenvalue weighted by atomic mass is 9.78. The Morgan fingerprint density at radius 3 is 2.48 bits per heavy atom. The number of benzene rings is 2. The van der Waals surface area contributed by atoms with Crippen molar-refractivity contribution in [3.8, 4) is 5.75 Å². The standard InChI is InChI=1S/C23H27ClN2O3/c1-25-22(27)26(15-16-4-9-19(29-3)10-5-16)21-11-8-18(24)14-20(21)23(25,12-13-28-2)17-6-7-17/h4-5,8-11,14,17H,6-7,12-13,15H2,1-3H3. The van der Waals surface area contributed by atoms with Crippen LogP contribution in [0.4, 0.5) is 10.5 Å². The van der Waals surface area contributed by atoms with E-state index in [4.69, 9.17) is 21.1 Å². The summed E-state index contributed by atoms with van der Waals surface area (Å²) in [5.41, 5.74) is 2.74. The molecule has 0 aromatic heterocycles. The van der Waals surface area contributed by atoms with Gasteiger partial charge in [-0.1, -0.05) is 23.7 Å². The third-order valence-corrected chi connectivity index (χ3v) is 6.51. The molecule has 0 saturated heterocycles. The van der Waals surface area contributed by atoms with Gasteiger partial charge in [-0.25, -0.2) is 4.79 Å². The fourth-order valence-corrected chi connectivity index (χ4v) is 4.78. The largest absolute Gasteiger partial charge is 0.497 e. The SMILES string of the molecule is COCCC1(C2CC2)c2cc(Cl)ccc2N(Cc2ccc(OC)cc2)C(=O)N1C. The van der Waals surface area contributed by atoms with E-state index in [-0.39, 0.29) is 11.6 Å². The lowest BCUT2D eigenvalue weighted by molar-refractivity contribution is 0.0686. The number of hydrogen-bond donors (Lipinski definition) is 0. The summed E-state index contributed by atoms with van der Waals surface area (Å²) < 4.78 is 10.7. The highest BCUT2D eigenvalue weighted by atomic mass is 35.5. The van der Waals surface area contributed by atoms with Crippen LogP contribution in [-0.2, 0) is 16.8 Å². The monoisotopic (exact) mass is 414 g/mol. The molecule has 6 heteroatoms. The number of rotatable bonds is 7. The zero-order chi connectivity index (χ0) is 20.6. The Balaban J connectivity index is 1.77. The van der Waals surface area contributed by atoms with Crippen LogP contribution in [-0.4, -0.2) is 38.8 Å². The predicted octanol–water partition coefficient (Wildman–Crippen LogP) is 5.06. The number of hydrogen-bond acceptors (Lipinski definition) is 3. The number of halogens is 1. The van der Waals surface area contributed by atoms with Crippen LogP contribution in [0.5, 0.6) is 5.75 Å². The molecule has 0 bridgehead atoms. The van der Waals surface area contributed by atoms with E-state index in [0.717, 1.165) is 41.8 Å². The van der Waals surface area contributed by atoms with Gasteiger partial charge < -0.3 is 14.4 Å². The minimum atomic E-state index is -0.371. The third-order valence-electron chi connectivity index (χ3n) is 6.27. The van der Waals surface area contributed by atoms with Crippen molar-refractivity contribution >= 4 is 23.3 Å². The fraction of sp³-hybridized carbons (Fsp3) is 0.435. The summed E-state index contributed by atoms with van der Waals surface area (Å²) in [6.45, 7) is 1.09. The molecule has 1 unspecified atom stereocenters. The van der Waals surface area contributed by atoms with Crippen molar-refractivity contribution in [1.82, 2.24) is 4.90 Å². The lowest BCUT2D eigenvalue weighted by Crippen LogP contribution is -2.58. The van der Waals surface area contributed by atoms with Gasteiger partial charge in [0.05, 0.1) is 24.9 Å². The zero-order valence-electron chi connectivity index (χ0n) is 17.2. The summed E-state index contributed by atoms with van der Waals surface area (Å²) >= 11 is 6.42. The van der Waals surface area contributed by atoms with Crippen LogP contribution in [0.25, 0.3) is 0 Å². The molecule has 0 radical (unpaired) electrons. The molecule has 1 atom stereocenters. The first-order valence-electron chi connectivity index (χ1n) is 9.98. The second-order valence-corrected chi connectivity index (χ2v) is 8.32. The van der Waals surface area contributed by atoms with Crippen molar-refractivity contribution in [3.63, 3.8) is 0 Å². The minimum Gasteiger partial charge on any atom is -0.497 e. The molecule has 1 aliphatic carbocycles. The van der Waals surface area contributed by atoms with Gasteiger partial charge in [-0.05, 0) is 61.1 Å². The number of carbonyl (C=O) groups excluding carboxylic acids is 1. The maximum Gasteiger partial charge on any atom is 0.325 e. The van der Waals surface area contributed by atoms with E-state index in [0.29, 0.717) is 24.1 Å². The molecule has 1 aliphatic heterocycles. The molecular weight excluding hydrogens is 388 g/mol. The average Bonchev–Trinajstić information content (AvgIpc) is 3.58. The van der Waals surface area contributed by atoms with Crippen LogP contribution in [0, 0.1) is 5.92 Å². The van der Waals surface area contributed by atoms with Crippen molar-refractivity contribution in [2.45, 2.75) is 31.3 Å². The van der Waals surface area contributed by atoms with Gasteiger partial charge in [0, 0.05) is 31.4 Å². The van der Waals surface area contributed by atoms with E-state index < -0.39 is 0 Å². The van der Waals surface area contributed by atoms with Gasteiger partial charge in [0.2, 0.25) is 0 Å². The molecule has 1 fully saturated rings. The second kappa shape index (κ2) is 7.88. The van der Waals surface area contributed by atoms with E-state index in [2.05, 4.69) is 0 Å². The number of anilines is 1. The predicted molar refractivity (Wildman–Crippen MR) is 115 cm³/mol. The molecule has 29 heavy (non-hydrogen) atoms. The van der Waals surface area contributed by atoms with Crippen LogP contribution < -0.4 is 9.64 Å². The number of carbonyl (C=O) groups is 1. The highest BCUT2D eigenvalue weighted by Crippen LogP contribution is 2.56. The van der Waals surface area contributed by atoms with E-state index >= 15 is 0 Å². The summed E-state index contributed by atoms with van der Waals surface area (Å²) in [7, 11) is 5.27. The molecule has 2 amide bonds. The summed E-state index contributed by atoms with van der Waals surface area (Å²) in [4.78, 5) is 17.3. The molecule has 2 aromatic carbocycles. The molecule has 0 spiro atoms. The number of amides is 2. The van der Waals surface area contributed by atoms with E-state index in [9.17, 15) is 4.79 Å². The Bertz CT molecular complexity index is 897. The van der Waals surface area contributed by atoms with Crippen LogP contribution >= 0.6 is 11.6 Å². The number of urea groups is 1. The Morgan fingerprint density at radius 1 is 1.14 bits per heavy atom. The Hall–Kier alpha value is -2.24. The van der Waals surface area contributed by atoms with Crippen molar-refractivity contribution in [2.75, 3.05) is 32.8 Å². The first kappa shape index (κ1) is 20.0. The molecule has 1 saturated carbocycles. The Morgan fingerprint density at radius 2 is 1.86 bits per heavy atom. The average molecular weight is 415 g/mol. The van der Waals surface area contributed by atoms with Gasteiger partial charge in [-0.2, -0.15) is 0 Å². The van der Waals surface area contributed by atoms with Crippen LogP contribution in [0.2, 0.25) is 5.02 Å². The summed E-state index contributed by atoms with van der Waals surface area (Å²) in [5, 5.41) is 0.693. The summed E-state index contributed by atoms with van der Waals surface area (Å²) in [6, 6.07) is 13.7. The second-order valence-electron chi connectivity index (χ2n) is 7.88. The first-order chi connectivity index (χ1) is 14.0. The number of methoxy groups -OCH3 is 2. The van der Waals surface area contributed by atoms with Gasteiger partial charge in [0.25, 0.3) is 0 Å². The Kier molecular flexibility index (Phi) is 5.45. The van der Waals surface area contributed by atoms with Crippen LogP contribution in [0.15, 0.2) is 42.5 Å². The van der Waals surface area contributed by atoms with E-state index in [1.54, 1.807) is 14.2 Å². The first-order valence-corrected chi connectivity index (χ1v) is 10.4. The zero-order valence-corrected chi connectivity index (χ0v) is 17.9. The maximum absolute atomic E-state index is 13.6. The van der Waals surface area contributed by atoms with Crippen LogP contribution in [0.3, 0.4) is 0 Å². The number of ether oxygens (including phenoxy) is 2. The molecule has 4 rings (SSSR count). The smallest absolute Gasteiger partial charge is 0.325 e. The van der Waals surface area contributed by atoms with Gasteiger partial charge >= 0.3 is 6.03 Å². The molecule has 1 heterocycles. The third kappa shape index (κ3) is 3.47. The summed E-state index contributed by atoms with van der Waals surface area (Å²) in [6.07, 6.45) is 3.00. The van der Waals surface area contributed by atoms with E-state index in [1.165, 1.54) is 0 Å². The highest BCUT2D eigenvalue weighted by molar-refractivity contribution is 6.30. The van der Waals surface area contributed by atoms with Gasteiger partial charge in [0.15, 0.2) is 0 Å². The van der Waals surface area contributed by atoms with Crippen molar-refractivity contribution in [3.05, 3.63) is 58.6 Å². The molecule has 154 valence electrons. The molecule has 5 nitrogen and oxygen atoms in total. The van der Waals surface area contributed by atoms with Crippen molar-refractivity contribution in [1.29, 1.82) is 0 Å². The number of nitrogens with zero attached hydrogens (tertiary/aromatic N) is 2. The van der Waals surface area contributed by atoms with E-state index in [1.807, 2.05) is 59.3 Å². The fourth-order valence-electron chi connectivity index (χ4n) is 4.61. The lowest BCUT2D eigenvalue weighted by Gasteiger charge is -2.50. The van der Waals surface area contributed by atoms with Crippen molar-refractivity contribution < 1.29 is 14.3 Å². The topological polar surface area (TPSA) is 42.0 Å². The van der Waals surface area contributed by atoms with Gasteiger partial charge in [-0.15, -0.1) is 0 Å². The van der Waals surface area contributed by atoms with Gasteiger partial charge in [0.1, 0.15) is 5.75 Å². The normalized spacial score (nSPS) is 21.3. The maximum atomic E-state index is 13.6.